The number of anilines is 2. The minimum absolute atomic E-state index is 0.0781. The molecule has 1 amide bonds. The number of hydrogen-bond donors (Lipinski definition) is 2. The molecule has 6 nitrogen and oxygen atoms in total. The number of amides is 1. The Morgan fingerprint density at radius 1 is 1.17 bits per heavy atom. The Balaban J connectivity index is 2.13. The van der Waals surface area contributed by atoms with Crippen LogP contribution in [0.15, 0.2) is 47.4 Å². The van der Waals surface area contributed by atoms with Gasteiger partial charge in [-0.3, -0.25) is 9.69 Å². The quantitative estimate of drug-likeness (QED) is 0.881. The summed E-state index contributed by atoms with van der Waals surface area (Å²) in [7, 11) is -3.86. The van der Waals surface area contributed by atoms with Crippen molar-refractivity contribution in [2.75, 3.05) is 10.2 Å². The predicted molar refractivity (Wildman–Crippen MR) is 88.9 cm³/mol. The molecular formula is C16H17N3O3S. The lowest BCUT2D eigenvalue weighted by atomic mass is 10.1. The van der Waals surface area contributed by atoms with E-state index in [4.69, 9.17) is 5.14 Å². The second-order valence-electron chi connectivity index (χ2n) is 5.53. The highest BCUT2D eigenvalue weighted by molar-refractivity contribution is 7.89. The number of sulfonamides is 1. The molecule has 1 aliphatic heterocycles. The SMILES string of the molecule is Cc1ccccc1N1C(=O)c2cc(S(N)(=O)=O)ccc2NC1C. The van der Waals surface area contributed by atoms with Crippen molar-refractivity contribution in [2.24, 2.45) is 5.14 Å². The lowest BCUT2D eigenvalue weighted by Crippen LogP contribution is -2.47. The van der Waals surface area contributed by atoms with Gasteiger partial charge in [-0.05, 0) is 43.7 Å². The molecule has 23 heavy (non-hydrogen) atoms. The number of nitrogens with two attached hydrogens (primary N) is 1. The molecule has 2 aromatic carbocycles. The van der Waals surface area contributed by atoms with Gasteiger partial charge in [-0.15, -0.1) is 0 Å². The largest absolute Gasteiger partial charge is 0.364 e. The number of primary sulfonamides is 1. The molecule has 1 aliphatic rings. The molecule has 1 unspecified atom stereocenters. The average Bonchev–Trinajstić information content (AvgIpc) is 2.48. The summed E-state index contributed by atoms with van der Waals surface area (Å²) in [4.78, 5) is 14.4. The second kappa shape index (κ2) is 5.36. The van der Waals surface area contributed by atoms with Crippen LogP contribution in [-0.2, 0) is 10.0 Å². The van der Waals surface area contributed by atoms with Gasteiger partial charge in [0.15, 0.2) is 0 Å². The van der Waals surface area contributed by atoms with E-state index in [9.17, 15) is 13.2 Å². The summed E-state index contributed by atoms with van der Waals surface area (Å²) in [5, 5.41) is 8.37. The molecule has 7 heteroatoms. The first-order valence-electron chi connectivity index (χ1n) is 7.11. The van der Waals surface area contributed by atoms with Gasteiger partial charge in [0.05, 0.1) is 10.5 Å². The summed E-state index contributed by atoms with van der Waals surface area (Å²) in [6.07, 6.45) is -0.253. The zero-order valence-corrected chi connectivity index (χ0v) is 13.6. The van der Waals surface area contributed by atoms with E-state index in [2.05, 4.69) is 5.32 Å². The van der Waals surface area contributed by atoms with E-state index in [1.54, 1.807) is 11.0 Å². The highest BCUT2D eigenvalue weighted by atomic mass is 32.2. The minimum Gasteiger partial charge on any atom is -0.364 e. The van der Waals surface area contributed by atoms with Crippen LogP contribution in [0.5, 0.6) is 0 Å². The molecule has 1 heterocycles. The van der Waals surface area contributed by atoms with E-state index in [0.29, 0.717) is 5.69 Å². The van der Waals surface area contributed by atoms with Gasteiger partial charge in [0.25, 0.3) is 5.91 Å². The molecule has 3 N–H and O–H groups in total. The number of hydrogen-bond acceptors (Lipinski definition) is 4. The van der Waals surface area contributed by atoms with E-state index < -0.39 is 10.0 Å². The van der Waals surface area contributed by atoms with Crippen LogP contribution in [0, 0.1) is 6.92 Å². The molecule has 0 spiro atoms. The van der Waals surface area contributed by atoms with E-state index in [0.717, 1.165) is 11.3 Å². The first-order chi connectivity index (χ1) is 10.8. The minimum atomic E-state index is -3.86. The fourth-order valence-electron chi connectivity index (χ4n) is 2.75. The topological polar surface area (TPSA) is 92.5 Å². The second-order valence-corrected chi connectivity index (χ2v) is 7.10. The molecule has 120 valence electrons. The summed E-state index contributed by atoms with van der Waals surface area (Å²) in [5.74, 6) is -0.258. The van der Waals surface area contributed by atoms with Crippen LogP contribution >= 0.6 is 0 Å². The first kappa shape index (κ1) is 15.5. The highest BCUT2D eigenvalue weighted by Gasteiger charge is 2.32. The van der Waals surface area contributed by atoms with Gasteiger partial charge in [-0.1, -0.05) is 18.2 Å². The van der Waals surface area contributed by atoms with E-state index >= 15 is 0 Å². The van der Waals surface area contributed by atoms with Crippen LogP contribution < -0.4 is 15.4 Å². The average molecular weight is 331 g/mol. The summed E-state index contributed by atoms with van der Waals surface area (Å²) < 4.78 is 23.1. The van der Waals surface area contributed by atoms with Crippen molar-refractivity contribution in [1.29, 1.82) is 0 Å². The molecule has 3 rings (SSSR count). The van der Waals surface area contributed by atoms with E-state index in [1.165, 1.54) is 12.1 Å². The zero-order chi connectivity index (χ0) is 16.8. The molecule has 0 saturated heterocycles. The molecule has 0 aromatic heterocycles. The van der Waals surface area contributed by atoms with Crippen molar-refractivity contribution in [3.63, 3.8) is 0 Å². The Kier molecular flexibility index (Phi) is 3.62. The van der Waals surface area contributed by atoms with Gasteiger partial charge in [0.2, 0.25) is 10.0 Å². The molecular weight excluding hydrogens is 314 g/mol. The van der Waals surface area contributed by atoms with Crippen molar-refractivity contribution in [1.82, 2.24) is 0 Å². The maximum atomic E-state index is 12.9. The Morgan fingerprint density at radius 3 is 2.52 bits per heavy atom. The fraction of sp³-hybridized carbons (Fsp3) is 0.188. The van der Waals surface area contributed by atoms with Crippen LogP contribution in [0.2, 0.25) is 0 Å². The van der Waals surface area contributed by atoms with Crippen molar-refractivity contribution in [3.05, 3.63) is 53.6 Å². The van der Waals surface area contributed by atoms with Gasteiger partial charge in [0, 0.05) is 11.4 Å². The standard InChI is InChI=1S/C16H17N3O3S/c1-10-5-3-4-6-15(10)19-11(2)18-14-8-7-12(23(17,21)22)9-13(14)16(19)20/h3-9,11,18H,1-2H3,(H2,17,21,22). The molecule has 0 fully saturated rings. The third kappa shape index (κ3) is 2.69. The van der Waals surface area contributed by atoms with Crippen LogP contribution in [0.4, 0.5) is 11.4 Å². The highest BCUT2D eigenvalue weighted by Crippen LogP contribution is 2.32. The number of fused-ring (bicyclic) bond motifs is 1. The number of para-hydroxylation sites is 1. The zero-order valence-electron chi connectivity index (χ0n) is 12.8. The summed E-state index contributed by atoms with van der Waals surface area (Å²) >= 11 is 0. The smallest absolute Gasteiger partial charge is 0.262 e. The van der Waals surface area contributed by atoms with E-state index in [-0.39, 0.29) is 22.5 Å². The number of nitrogens with zero attached hydrogens (tertiary/aromatic N) is 1. The maximum absolute atomic E-state index is 12.9. The van der Waals surface area contributed by atoms with Crippen LogP contribution in [0.3, 0.4) is 0 Å². The molecule has 0 saturated carbocycles. The van der Waals surface area contributed by atoms with Crippen molar-refractivity contribution < 1.29 is 13.2 Å². The summed E-state index contributed by atoms with van der Waals surface area (Å²) in [6.45, 7) is 3.80. The number of carbonyl (C=O) groups is 1. The van der Waals surface area contributed by atoms with Crippen LogP contribution in [0.1, 0.15) is 22.8 Å². The summed E-state index contributed by atoms with van der Waals surface area (Å²) in [6, 6.07) is 11.8. The molecule has 2 aromatic rings. The third-order valence-corrected chi connectivity index (χ3v) is 4.81. The Hall–Kier alpha value is -2.38. The van der Waals surface area contributed by atoms with Gasteiger partial charge in [-0.25, -0.2) is 13.6 Å². The normalized spacial score (nSPS) is 17.6. The lowest BCUT2D eigenvalue weighted by Gasteiger charge is -2.36. The van der Waals surface area contributed by atoms with Crippen LogP contribution in [-0.4, -0.2) is 20.5 Å². The lowest BCUT2D eigenvalue weighted by molar-refractivity contribution is 0.0976. The maximum Gasteiger partial charge on any atom is 0.262 e. The number of carbonyl (C=O) groups excluding carboxylic acids is 1. The number of aryl methyl sites for hydroxylation is 1. The Bertz CT molecular complexity index is 893. The monoisotopic (exact) mass is 331 g/mol. The Labute approximate surface area is 135 Å². The Morgan fingerprint density at radius 2 is 1.87 bits per heavy atom. The molecule has 0 aliphatic carbocycles. The van der Waals surface area contributed by atoms with Gasteiger partial charge >= 0.3 is 0 Å². The van der Waals surface area contributed by atoms with Gasteiger partial charge < -0.3 is 5.32 Å². The summed E-state index contributed by atoms with van der Waals surface area (Å²) in [5.41, 5.74) is 2.63. The van der Waals surface area contributed by atoms with Crippen molar-refractivity contribution >= 4 is 27.3 Å². The van der Waals surface area contributed by atoms with Crippen molar-refractivity contribution in [2.45, 2.75) is 24.9 Å². The van der Waals surface area contributed by atoms with E-state index in [1.807, 2.05) is 38.1 Å². The van der Waals surface area contributed by atoms with Gasteiger partial charge in [-0.2, -0.15) is 0 Å². The molecule has 1 atom stereocenters. The third-order valence-electron chi connectivity index (χ3n) is 3.90. The fourth-order valence-corrected chi connectivity index (χ4v) is 3.29. The number of rotatable bonds is 2. The first-order valence-corrected chi connectivity index (χ1v) is 8.66. The van der Waals surface area contributed by atoms with Crippen LogP contribution in [0.25, 0.3) is 0 Å². The van der Waals surface area contributed by atoms with Gasteiger partial charge in [0.1, 0.15) is 6.17 Å². The number of nitrogens with one attached hydrogen (secondary N) is 1. The molecule has 0 radical (unpaired) electrons. The molecule has 0 bridgehead atoms. The number of benzene rings is 2. The predicted octanol–water partition coefficient (Wildman–Crippen LogP) is 2.06. The van der Waals surface area contributed by atoms with Crippen molar-refractivity contribution in [3.8, 4) is 0 Å².